The van der Waals surface area contributed by atoms with Crippen molar-refractivity contribution in [3.8, 4) is 5.75 Å². The minimum absolute atomic E-state index is 0.510. The molecular weight excluding hydrogens is 311 g/mol. The first-order valence-corrected chi connectivity index (χ1v) is 8.21. The molecule has 0 aromatic heterocycles. The van der Waals surface area contributed by atoms with Crippen LogP contribution in [0.1, 0.15) is 0 Å². The Hall–Kier alpha value is -0.520. The molecule has 1 saturated heterocycles. The molecule has 0 aliphatic carbocycles. The van der Waals surface area contributed by atoms with Gasteiger partial charge in [0.2, 0.25) is 0 Å². The normalized spacial score (nSPS) is 22.2. The molecule has 0 amide bonds. The largest absolute Gasteiger partial charge is 0.491 e. The van der Waals surface area contributed by atoms with Gasteiger partial charge in [-0.05, 0) is 12.1 Å². The summed E-state index contributed by atoms with van der Waals surface area (Å²) in [7, 11) is 2.26. The third-order valence-electron chi connectivity index (χ3n) is 3.80. The molecule has 4 nitrogen and oxygen atoms in total. The van der Waals surface area contributed by atoms with Gasteiger partial charge in [-0.2, -0.15) is 0 Å². The molecule has 1 fully saturated rings. The molecule has 0 radical (unpaired) electrons. The third-order valence-corrected chi connectivity index (χ3v) is 4.54. The van der Waals surface area contributed by atoms with Gasteiger partial charge < -0.3 is 19.3 Å². The van der Waals surface area contributed by atoms with Crippen LogP contribution in [0.2, 0.25) is 10.0 Å². The summed E-state index contributed by atoms with van der Waals surface area (Å²) in [6, 6.07) is 5.27. The van der Waals surface area contributed by atoms with Gasteiger partial charge in [-0.1, -0.05) is 23.2 Å². The molecule has 0 saturated carbocycles. The number of hydrogen-bond donors (Lipinski definition) is 2. The molecule has 0 spiro atoms. The van der Waals surface area contributed by atoms with Gasteiger partial charge in [0.15, 0.2) is 0 Å². The number of likely N-dealkylation sites (N-methyl/N-ethyl adjacent to an activating group) is 1. The molecule has 0 unspecified atom stereocenters. The lowest BCUT2D eigenvalue weighted by atomic mass is 10.3. The summed E-state index contributed by atoms with van der Waals surface area (Å²) in [5.74, 6) is 0.723. The molecule has 1 heterocycles. The highest BCUT2D eigenvalue weighted by Gasteiger charge is 2.18. The van der Waals surface area contributed by atoms with Crippen molar-refractivity contribution in [2.45, 2.75) is 0 Å². The van der Waals surface area contributed by atoms with Crippen LogP contribution in [0.25, 0.3) is 0 Å². The summed E-state index contributed by atoms with van der Waals surface area (Å²) in [6.07, 6.45) is 0. The fraction of sp³-hybridized carbons (Fsp3) is 0.600. The SMILES string of the molecule is C[NH+]1CC[NH+](CCOCCOc2ccc(Cl)c(Cl)c2)CC1. The molecule has 1 aromatic rings. The van der Waals surface area contributed by atoms with E-state index in [0.29, 0.717) is 23.3 Å². The zero-order chi connectivity index (χ0) is 15.1. The van der Waals surface area contributed by atoms with Crippen molar-refractivity contribution in [3.63, 3.8) is 0 Å². The maximum atomic E-state index is 5.92. The molecule has 2 N–H and O–H groups in total. The highest BCUT2D eigenvalue weighted by Crippen LogP contribution is 2.26. The van der Waals surface area contributed by atoms with E-state index in [4.69, 9.17) is 32.7 Å². The molecule has 1 aromatic carbocycles. The number of nitrogens with one attached hydrogen (secondary N) is 2. The second kappa shape index (κ2) is 8.81. The number of ether oxygens (including phenoxy) is 2. The Morgan fingerprint density at radius 2 is 1.76 bits per heavy atom. The van der Waals surface area contributed by atoms with Crippen LogP contribution in [-0.2, 0) is 4.74 Å². The van der Waals surface area contributed by atoms with Crippen LogP contribution >= 0.6 is 23.2 Å². The lowest BCUT2D eigenvalue weighted by Gasteiger charge is -2.27. The van der Waals surface area contributed by atoms with E-state index in [1.54, 1.807) is 21.9 Å². The lowest BCUT2D eigenvalue weighted by molar-refractivity contribution is -1.00. The van der Waals surface area contributed by atoms with Gasteiger partial charge in [0.1, 0.15) is 45.1 Å². The Balaban J connectivity index is 1.53. The molecule has 2 rings (SSSR count). The predicted molar refractivity (Wildman–Crippen MR) is 85.0 cm³/mol. The summed E-state index contributed by atoms with van der Waals surface area (Å²) in [6.45, 7) is 8.01. The van der Waals surface area contributed by atoms with E-state index in [1.807, 2.05) is 6.07 Å². The van der Waals surface area contributed by atoms with E-state index < -0.39 is 0 Å². The first-order chi connectivity index (χ1) is 10.1. The number of quaternary nitrogens is 2. The van der Waals surface area contributed by atoms with Gasteiger partial charge in [0, 0.05) is 6.07 Å². The van der Waals surface area contributed by atoms with E-state index in [0.717, 1.165) is 18.9 Å². The summed E-state index contributed by atoms with van der Waals surface area (Å²) in [4.78, 5) is 3.28. The van der Waals surface area contributed by atoms with E-state index in [1.165, 1.54) is 26.2 Å². The smallest absolute Gasteiger partial charge is 0.127 e. The van der Waals surface area contributed by atoms with Gasteiger partial charge in [0.05, 0.1) is 30.3 Å². The van der Waals surface area contributed by atoms with E-state index in [-0.39, 0.29) is 0 Å². The van der Waals surface area contributed by atoms with Crippen molar-refractivity contribution < 1.29 is 19.3 Å². The molecule has 0 bridgehead atoms. The van der Waals surface area contributed by atoms with Crippen LogP contribution in [0.4, 0.5) is 0 Å². The second-order valence-corrected chi connectivity index (χ2v) is 6.31. The van der Waals surface area contributed by atoms with E-state index in [2.05, 4.69) is 7.05 Å². The summed E-state index contributed by atoms with van der Waals surface area (Å²) in [5, 5.41) is 1.05. The maximum Gasteiger partial charge on any atom is 0.127 e. The predicted octanol–water partition coefficient (Wildman–Crippen LogP) is -0.198. The molecule has 6 heteroatoms. The van der Waals surface area contributed by atoms with Crippen LogP contribution in [0.15, 0.2) is 18.2 Å². The highest BCUT2D eigenvalue weighted by atomic mass is 35.5. The van der Waals surface area contributed by atoms with Crippen LogP contribution in [0.5, 0.6) is 5.75 Å². The quantitative estimate of drug-likeness (QED) is 0.676. The molecule has 118 valence electrons. The number of hydrogen-bond acceptors (Lipinski definition) is 2. The molecule has 1 aliphatic heterocycles. The van der Waals surface area contributed by atoms with Crippen LogP contribution < -0.4 is 14.5 Å². The third kappa shape index (κ3) is 6.01. The van der Waals surface area contributed by atoms with Crippen molar-refractivity contribution in [1.82, 2.24) is 0 Å². The maximum absolute atomic E-state index is 5.92. The van der Waals surface area contributed by atoms with Crippen LogP contribution in [0, 0.1) is 0 Å². The number of rotatable bonds is 7. The summed E-state index contributed by atoms with van der Waals surface area (Å²) in [5.41, 5.74) is 0. The van der Waals surface area contributed by atoms with Crippen molar-refractivity contribution in [2.75, 3.05) is 59.6 Å². The zero-order valence-electron chi connectivity index (χ0n) is 12.5. The fourth-order valence-corrected chi connectivity index (χ4v) is 2.67. The fourth-order valence-electron chi connectivity index (χ4n) is 2.38. The first-order valence-electron chi connectivity index (χ1n) is 7.45. The summed E-state index contributed by atoms with van der Waals surface area (Å²) < 4.78 is 11.2. The van der Waals surface area contributed by atoms with Crippen LogP contribution in [0.3, 0.4) is 0 Å². The average Bonchev–Trinajstić information content (AvgIpc) is 2.48. The van der Waals surface area contributed by atoms with Gasteiger partial charge >= 0.3 is 0 Å². The van der Waals surface area contributed by atoms with Crippen molar-refractivity contribution in [3.05, 3.63) is 28.2 Å². The lowest BCUT2D eigenvalue weighted by Crippen LogP contribution is -3.27. The number of halogens is 2. The molecule has 0 atom stereocenters. The van der Waals surface area contributed by atoms with Crippen LogP contribution in [-0.4, -0.2) is 59.6 Å². The second-order valence-electron chi connectivity index (χ2n) is 5.49. The Bertz CT molecular complexity index is 438. The van der Waals surface area contributed by atoms with Gasteiger partial charge in [-0.15, -0.1) is 0 Å². The van der Waals surface area contributed by atoms with Gasteiger partial charge in [-0.25, -0.2) is 0 Å². The average molecular weight is 335 g/mol. The highest BCUT2D eigenvalue weighted by molar-refractivity contribution is 6.42. The minimum atomic E-state index is 0.510. The Labute approximate surface area is 136 Å². The first kappa shape index (κ1) is 16.8. The molecule has 21 heavy (non-hydrogen) atoms. The Morgan fingerprint density at radius 3 is 2.48 bits per heavy atom. The minimum Gasteiger partial charge on any atom is -0.491 e. The van der Waals surface area contributed by atoms with E-state index in [9.17, 15) is 0 Å². The van der Waals surface area contributed by atoms with Crippen molar-refractivity contribution in [1.29, 1.82) is 0 Å². The topological polar surface area (TPSA) is 27.3 Å². The number of piperazine rings is 1. The monoisotopic (exact) mass is 334 g/mol. The van der Waals surface area contributed by atoms with Crippen molar-refractivity contribution >= 4 is 23.2 Å². The van der Waals surface area contributed by atoms with Gasteiger partial charge in [0.25, 0.3) is 0 Å². The molecule has 1 aliphatic rings. The van der Waals surface area contributed by atoms with Crippen molar-refractivity contribution in [2.24, 2.45) is 0 Å². The van der Waals surface area contributed by atoms with E-state index >= 15 is 0 Å². The standard InChI is InChI=1S/C15H22Cl2N2O2/c1-18-4-6-19(7-5-18)8-9-20-10-11-21-13-2-3-14(16)15(17)12-13/h2-3,12H,4-11H2,1H3/p+2. The zero-order valence-corrected chi connectivity index (χ0v) is 14.0. The van der Waals surface area contributed by atoms with Gasteiger partial charge in [-0.3, -0.25) is 0 Å². The number of benzene rings is 1. The summed E-state index contributed by atoms with van der Waals surface area (Å²) >= 11 is 11.8. The molecular formula is C15H24Cl2N2O2+2. The Morgan fingerprint density at radius 1 is 1.00 bits per heavy atom. The Kier molecular flexibility index (Phi) is 7.07.